The molecule has 1 fully saturated rings. The van der Waals surface area contributed by atoms with Crippen LogP contribution in [0.3, 0.4) is 0 Å². The lowest BCUT2D eigenvalue weighted by Gasteiger charge is -2.15. The van der Waals surface area contributed by atoms with Gasteiger partial charge < -0.3 is 5.32 Å². The Bertz CT molecular complexity index is 1040. The van der Waals surface area contributed by atoms with E-state index in [0.717, 1.165) is 50.6 Å². The van der Waals surface area contributed by atoms with Crippen molar-refractivity contribution in [2.45, 2.75) is 44.9 Å². The summed E-state index contributed by atoms with van der Waals surface area (Å²) in [6.07, 6.45) is 7.30. The zero-order valence-electron chi connectivity index (χ0n) is 16.6. The Kier molecular flexibility index (Phi) is 4.92. The van der Waals surface area contributed by atoms with E-state index in [-0.39, 0.29) is 5.92 Å². The Morgan fingerprint density at radius 2 is 1.76 bits per heavy atom. The van der Waals surface area contributed by atoms with Gasteiger partial charge in [-0.25, -0.2) is 13.7 Å². The second kappa shape index (κ2) is 7.58. The molecule has 0 bridgehead atoms. The van der Waals surface area contributed by atoms with Crippen LogP contribution in [0.5, 0.6) is 0 Å². The van der Waals surface area contributed by atoms with E-state index in [9.17, 15) is 9.00 Å². The molecule has 1 heterocycles. The molecule has 2 unspecified atom stereocenters. The SMILES string of the molecule is O=C(N=S1(=O)CC(Cc2ccccc2)CN1)Nc1c2c(cc3c1CCC3)CCC2. The smallest absolute Gasteiger partial charge is 0.305 e. The number of hydrogen-bond acceptors (Lipinski definition) is 2. The third kappa shape index (κ3) is 3.83. The summed E-state index contributed by atoms with van der Waals surface area (Å²) in [7, 11) is -2.71. The molecule has 2 N–H and O–H groups in total. The molecule has 0 radical (unpaired) electrons. The van der Waals surface area contributed by atoms with Gasteiger partial charge in [-0.15, -0.1) is 4.36 Å². The molecule has 3 aliphatic rings. The molecule has 152 valence electrons. The van der Waals surface area contributed by atoms with Gasteiger partial charge in [0.2, 0.25) is 0 Å². The summed E-state index contributed by atoms with van der Waals surface area (Å²) < 4.78 is 20.3. The molecule has 1 aliphatic heterocycles. The van der Waals surface area contributed by atoms with Gasteiger partial charge in [0.25, 0.3) is 0 Å². The van der Waals surface area contributed by atoms with E-state index in [2.05, 4.69) is 32.6 Å². The number of hydrogen-bond donors (Lipinski definition) is 2. The van der Waals surface area contributed by atoms with Crippen LogP contribution in [-0.4, -0.2) is 22.5 Å². The molecule has 0 spiro atoms. The fourth-order valence-corrected chi connectivity index (χ4v) is 7.01. The van der Waals surface area contributed by atoms with Crippen LogP contribution in [0.15, 0.2) is 40.8 Å². The summed E-state index contributed by atoms with van der Waals surface area (Å²) in [5.41, 5.74) is 7.46. The van der Waals surface area contributed by atoms with Gasteiger partial charge in [-0.2, -0.15) is 0 Å². The molecular formula is C23H27N3O2S. The maximum absolute atomic E-state index is 13.1. The van der Waals surface area contributed by atoms with Gasteiger partial charge in [0.15, 0.2) is 0 Å². The predicted molar refractivity (Wildman–Crippen MR) is 117 cm³/mol. The van der Waals surface area contributed by atoms with Crippen LogP contribution in [0, 0.1) is 5.92 Å². The zero-order valence-corrected chi connectivity index (χ0v) is 17.4. The second-order valence-corrected chi connectivity index (χ2v) is 10.6. The first-order valence-corrected chi connectivity index (χ1v) is 12.3. The van der Waals surface area contributed by atoms with Gasteiger partial charge in [-0.05, 0) is 78.7 Å². The first-order chi connectivity index (χ1) is 14.1. The quantitative estimate of drug-likeness (QED) is 0.803. The van der Waals surface area contributed by atoms with E-state index in [1.54, 1.807) is 0 Å². The molecular weight excluding hydrogens is 382 g/mol. The summed E-state index contributed by atoms with van der Waals surface area (Å²) in [4.78, 5) is 12.7. The Morgan fingerprint density at radius 1 is 1.07 bits per heavy atom. The molecule has 29 heavy (non-hydrogen) atoms. The summed E-state index contributed by atoms with van der Waals surface area (Å²) in [5.74, 6) is 0.645. The number of nitrogens with one attached hydrogen (secondary N) is 2. The lowest BCUT2D eigenvalue weighted by Crippen LogP contribution is -2.20. The van der Waals surface area contributed by atoms with E-state index < -0.39 is 15.9 Å². The highest BCUT2D eigenvalue weighted by molar-refractivity contribution is 7.92. The van der Waals surface area contributed by atoms with Crippen LogP contribution < -0.4 is 10.0 Å². The first-order valence-electron chi connectivity index (χ1n) is 10.6. The summed E-state index contributed by atoms with van der Waals surface area (Å²) >= 11 is 0. The average molecular weight is 410 g/mol. The van der Waals surface area contributed by atoms with Crippen molar-refractivity contribution in [3.63, 3.8) is 0 Å². The number of fused-ring (bicyclic) bond motifs is 2. The third-order valence-electron chi connectivity index (χ3n) is 6.36. The van der Waals surface area contributed by atoms with Crippen LogP contribution in [0.2, 0.25) is 0 Å². The molecule has 0 saturated carbocycles. The van der Waals surface area contributed by atoms with Gasteiger partial charge in [0, 0.05) is 12.2 Å². The zero-order chi connectivity index (χ0) is 19.8. The molecule has 0 aromatic heterocycles. The van der Waals surface area contributed by atoms with Gasteiger partial charge in [0.1, 0.15) is 9.92 Å². The van der Waals surface area contributed by atoms with Crippen molar-refractivity contribution < 1.29 is 9.00 Å². The predicted octanol–water partition coefficient (Wildman–Crippen LogP) is 4.04. The van der Waals surface area contributed by atoms with Crippen molar-refractivity contribution in [2.24, 2.45) is 10.3 Å². The molecule has 5 rings (SSSR count). The number of urea groups is 1. The van der Waals surface area contributed by atoms with E-state index in [4.69, 9.17) is 0 Å². The molecule has 2 aromatic rings. The molecule has 2 amide bonds. The van der Waals surface area contributed by atoms with E-state index in [1.807, 2.05) is 18.2 Å². The lowest BCUT2D eigenvalue weighted by atomic mass is 9.99. The number of nitrogens with zero attached hydrogens (tertiary/aromatic N) is 1. The van der Waals surface area contributed by atoms with Gasteiger partial charge in [0.05, 0.1) is 5.75 Å². The number of benzene rings is 2. The van der Waals surface area contributed by atoms with E-state index in [1.165, 1.54) is 27.8 Å². The Labute approximate surface area is 172 Å². The maximum atomic E-state index is 13.1. The minimum Gasteiger partial charge on any atom is -0.305 e. The summed E-state index contributed by atoms with van der Waals surface area (Å²) in [6, 6.07) is 12.1. The van der Waals surface area contributed by atoms with E-state index in [0.29, 0.717) is 12.3 Å². The highest BCUT2D eigenvalue weighted by Gasteiger charge is 2.28. The molecule has 2 aromatic carbocycles. The van der Waals surface area contributed by atoms with Crippen LogP contribution in [0.25, 0.3) is 0 Å². The fourth-order valence-electron chi connectivity index (χ4n) is 5.06. The number of anilines is 1. The fraction of sp³-hybridized carbons (Fsp3) is 0.435. The third-order valence-corrected chi connectivity index (χ3v) is 8.36. The van der Waals surface area contributed by atoms with Crippen molar-refractivity contribution in [1.29, 1.82) is 0 Å². The molecule has 1 saturated heterocycles. The van der Waals surface area contributed by atoms with Crippen LogP contribution in [0.1, 0.15) is 40.7 Å². The van der Waals surface area contributed by atoms with Crippen molar-refractivity contribution in [3.05, 3.63) is 64.2 Å². The van der Waals surface area contributed by atoms with Crippen LogP contribution in [0.4, 0.5) is 10.5 Å². The minimum absolute atomic E-state index is 0.228. The summed E-state index contributed by atoms with van der Waals surface area (Å²) in [5, 5.41) is 3.03. The van der Waals surface area contributed by atoms with Gasteiger partial charge >= 0.3 is 6.03 Å². The number of carbonyl (C=O) groups excluding carboxylic acids is 1. The normalized spacial score (nSPS) is 24.9. The van der Waals surface area contributed by atoms with Crippen molar-refractivity contribution >= 4 is 21.6 Å². The molecule has 2 atom stereocenters. The van der Waals surface area contributed by atoms with Crippen LogP contribution in [-0.2, 0) is 42.0 Å². The first kappa shape index (κ1) is 18.8. The van der Waals surface area contributed by atoms with Crippen molar-refractivity contribution in [2.75, 3.05) is 17.6 Å². The highest BCUT2D eigenvalue weighted by atomic mass is 32.2. The number of carbonyl (C=O) groups is 1. The van der Waals surface area contributed by atoms with E-state index >= 15 is 0 Å². The van der Waals surface area contributed by atoms with Crippen LogP contribution >= 0.6 is 0 Å². The molecule has 6 heteroatoms. The number of rotatable bonds is 3. The van der Waals surface area contributed by atoms with Crippen molar-refractivity contribution in [1.82, 2.24) is 4.72 Å². The summed E-state index contributed by atoms with van der Waals surface area (Å²) in [6.45, 7) is 0.626. The largest absolute Gasteiger partial charge is 0.354 e. The topological polar surface area (TPSA) is 70.6 Å². The molecule has 2 aliphatic carbocycles. The number of amides is 2. The number of aryl methyl sites for hydroxylation is 2. The van der Waals surface area contributed by atoms with Gasteiger partial charge in [-0.3, -0.25) is 0 Å². The lowest BCUT2D eigenvalue weighted by molar-refractivity contribution is 0.260. The Balaban J connectivity index is 1.34. The standard InChI is InChI=1S/C23H27N3O2S/c27-23(25-22-20-10-4-8-18(20)13-19-9-5-11-21(19)22)26-29(28)15-17(14-24-29)12-16-6-2-1-3-7-16/h1-3,6-7,13,17H,4-5,8-12,14-15H2,(H2,24,25,26,27,28). The monoisotopic (exact) mass is 409 g/mol. The minimum atomic E-state index is -2.71. The van der Waals surface area contributed by atoms with Crippen molar-refractivity contribution in [3.8, 4) is 0 Å². The second-order valence-electron chi connectivity index (χ2n) is 8.47. The molecule has 5 nitrogen and oxygen atoms in total. The Morgan fingerprint density at radius 3 is 2.45 bits per heavy atom. The Hall–Kier alpha value is -2.18. The highest BCUT2D eigenvalue weighted by Crippen LogP contribution is 2.38. The average Bonchev–Trinajstić information content (AvgIpc) is 3.42. The maximum Gasteiger partial charge on any atom is 0.354 e. The van der Waals surface area contributed by atoms with Gasteiger partial charge in [-0.1, -0.05) is 36.4 Å².